The lowest BCUT2D eigenvalue weighted by Crippen LogP contribution is -2.45. The van der Waals surface area contributed by atoms with Crippen LogP contribution in [0.15, 0.2) is 42.5 Å². The topological polar surface area (TPSA) is 50.2 Å². The van der Waals surface area contributed by atoms with E-state index in [1.165, 1.54) is 6.42 Å². The van der Waals surface area contributed by atoms with Gasteiger partial charge in [0.05, 0.1) is 23.1 Å². The molecule has 3 aromatic rings. The van der Waals surface area contributed by atoms with Gasteiger partial charge in [0, 0.05) is 41.2 Å². The van der Waals surface area contributed by atoms with E-state index in [2.05, 4.69) is 17.3 Å². The maximum Gasteiger partial charge on any atom is 0.286 e. The van der Waals surface area contributed by atoms with Crippen molar-refractivity contribution in [3.63, 3.8) is 0 Å². The van der Waals surface area contributed by atoms with E-state index in [0.717, 1.165) is 48.3 Å². The first kappa shape index (κ1) is 25.2. The van der Waals surface area contributed by atoms with Crippen LogP contribution in [-0.4, -0.2) is 40.5 Å². The van der Waals surface area contributed by atoms with Gasteiger partial charge in [0.2, 0.25) is 0 Å². The molecule has 1 fully saturated rings. The Kier molecular flexibility index (Phi) is 8.46. The Morgan fingerprint density at radius 3 is 2.54 bits per heavy atom. The van der Waals surface area contributed by atoms with Crippen LogP contribution in [0.25, 0.3) is 16.9 Å². The molecule has 0 bridgehead atoms. The van der Waals surface area contributed by atoms with Gasteiger partial charge in [0.1, 0.15) is 0 Å². The van der Waals surface area contributed by atoms with E-state index in [0.29, 0.717) is 34.3 Å². The molecular weight excluding hydrogens is 486 g/mol. The van der Waals surface area contributed by atoms with Crippen LogP contribution in [0.1, 0.15) is 53.7 Å². The number of halogens is 3. The normalized spacial score (nSPS) is 13.8. The van der Waals surface area contributed by atoms with Crippen LogP contribution in [0.2, 0.25) is 10.0 Å². The molecule has 0 radical (unpaired) electrons. The van der Waals surface area contributed by atoms with Gasteiger partial charge in [-0.25, -0.2) is 9.69 Å². The molecule has 8 heteroatoms. The first-order chi connectivity index (χ1) is 17.0. The van der Waals surface area contributed by atoms with Gasteiger partial charge in [-0.2, -0.15) is 5.10 Å². The molecule has 0 aliphatic carbocycles. The number of nitrogens with one attached hydrogen (secondary N) is 1. The Balaban J connectivity index is 1.72. The van der Waals surface area contributed by atoms with Gasteiger partial charge in [0.15, 0.2) is 5.69 Å². The lowest BCUT2D eigenvalue weighted by Gasteiger charge is -2.26. The highest BCUT2D eigenvalue weighted by Gasteiger charge is 2.24. The standard InChI is InChI=1S/C27H27Cl2FN4O/c1-19-25(27(35)32-33-16-6-3-7-17-33)31-34(24-14-13-22(28)18-23(24)29)26(19)21-11-9-20(10-12-21)8-4-2-5-15-30/h9-14,18H,2-3,5-7,15-17H2,1H3,(H,32,35). The number of aromatic nitrogens is 2. The minimum Gasteiger partial charge on any atom is -0.283 e. The summed E-state index contributed by atoms with van der Waals surface area (Å²) in [5, 5.41) is 7.59. The number of piperidine rings is 1. The van der Waals surface area contributed by atoms with Crippen LogP contribution in [-0.2, 0) is 0 Å². The number of hydrazine groups is 1. The molecule has 1 amide bonds. The van der Waals surface area contributed by atoms with Gasteiger partial charge in [-0.15, -0.1) is 0 Å². The Morgan fingerprint density at radius 1 is 1.11 bits per heavy atom. The van der Waals surface area contributed by atoms with Crippen molar-refractivity contribution in [2.45, 2.75) is 39.0 Å². The van der Waals surface area contributed by atoms with E-state index in [9.17, 15) is 9.18 Å². The molecule has 1 N–H and O–H groups in total. The second-order valence-corrected chi connectivity index (χ2v) is 9.33. The average Bonchev–Trinajstić information content (AvgIpc) is 3.19. The monoisotopic (exact) mass is 512 g/mol. The number of unbranched alkanes of at least 4 members (excludes halogenated alkanes) is 1. The summed E-state index contributed by atoms with van der Waals surface area (Å²) in [4.78, 5) is 13.2. The van der Waals surface area contributed by atoms with Gasteiger partial charge in [-0.1, -0.05) is 53.6 Å². The molecule has 1 aliphatic heterocycles. The summed E-state index contributed by atoms with van der Waals surface area (Å²) in [6.45, 7) is 3.18. The number of alkyl halides is 1. The van der Waals surface area contributed by atoms with Crippen molar-refractivity contribution in [2.24, 2.45) is 0 Å². The van der Waals surface area contributed by atoms with E-state index < -0.39 is 0 Å². The zero-order chi connectivity index (χ0) is 24.8. The molecule has 1 aliphatic rings. The summed E-state index contributed by atoms with van der Waals surface area (Å²) in [5.74, 6) is 5.80. The molecule has 1 saturated heterocycles. The van der Waals surface area contributed by atoms with Crippen LogP contribution in [0.3, 0.4) is 0 Å². The number of rotatable bonds is 6. The van der Waals surface area contributed by atoms with Gasteiger partial charge in [-0.3, -0.25) is 14.6 Å². The first-order valence-corrected chi connectivity index (χ1v) is 12.5. The third-order valence-corrected chi connectivity index (χ3v) is 6.46. The molecule has 5 nitrogen and oxygen atoms in total. The van der Waals surface area contributed by atoms with Gasteiger partial charge in [-0.05, 0) is 56.5 Å². The lowest BCUT2D eigenvalue weighted by molar-refractivity contribution is 0.0743. The molecule has 2 heterocycles. The molecule has 182 valence electrons. The highest BCUT2D eigenvalue weighted by Crippen LogP contribution is 2.33. The molecule has 0 unspecified atom stereocenters. The van der Waals surface area contributed by atoms with E-state index >= 15 is 0 Å². The summed E-state index contributed by atoms with van der Waals surface area (Å²) in [6, 6.07) is 12.9. The van der Waals surface area contributed by atoms with Crippen molar-refractivity contribution in [2.75, 3.05) is 19.8 Å². The fraction of sp³-hybridized carbons (Fsp3) is 0.333. The van der Waals surface area contributed by atoms with E-state index in [-0.39, 0.29) is 12.6 Å². The van der Waals surface area contributed by atoms with Crippen molar-refractivity contribution >= 4 is 29.1 Å². The quantitative estimate of drug-likeness (QED) is 0.307. The van der Waals surface area contributed by atoms with Crippen LogP contribution in [0, 0.1) is 18.8 Å². The number of hydrogen-bond acceptors (Lipinski definition) is 3. The summed E-state index contributed by atoms with van der Waals surface area (Å²) >= 11 is 12.6. The Hall–Kier alpha value is -2.85. The molecule has 4 rings (SSSR count). The van der Waals surface area contributed by atoms with Crippen LogP contribution in [0.5, 0.6) is 0 Å². The van der Waals surface area contributed by atoms with Gasteiger partial charge >= 0.3 is 0 Å². The van der Waals surface area contributed by atoms with Gasteiger partial charge < -0.3 is 0 Å². The number of carbonyl (C=O) groups is 1. The SMILES string of the molecule is Cc1c(C(=O)NN2CCCCC2)nn(-c2ccc(Cl)cc2Cl)c1-c1ccc(C#CCCCF)cc1. The number of hydrogen-bond donors (Lipinski definition) is 1. The molecule has 35 heavy (non-hydrogen) atoms. The highest BCUT2D eigenvalue weighted by atomic mass is 35.5. The smallest absolute Gasteiger partial charge is 0.283 e. The van der Waals surface area contributed by atoms with Crippen molar-refractivity contribution in [3.05, 3.63) is 69.3 Å². The average molecular weight is 513 g/mol. The molecular formula is C27H27Cl2FN4O. The third kappa shape index (κ3) is 6.05. The van der Waals surface area contributed by atoms with Crippen molar-refractivity contribution in [3.8, 4) is 28.8 Å². The molecule has 1 aromatic heterocycles. The fourth-order valence-corrected chi connectivity index (χ4v) is 4.60. The van der Waals surface area contributed by atoms with Crippen molar-refractivity contribution < 1.29 is 9.18 Å². The van der Waals surface area contributed by atoms with E-state index in [1.807, 2.05) is 36.2 Å². The Bertz CT molecular complexity index is 1250. The maximum absolute atomic E-state index is 13.2. The molecule has 0 atom stereocenters. The summed E-state index contributed by atoms with van der Waals surface area (Å²) < 4.78 is 14.0. The number of amides is 1. The van der Waals surface area contributed by atoms with E-state index in [4.69, 9.17) is 28.3 Å². The minimum atomic E-state index is -0.363. The number of carbonyl (C=O) groups excluding carboxylic acids is 1. The summed E-state index contributed by atoms with van der Waals surface area (Å²) in [5.41, 5.74) is 7.18. The second kappa shape index (κ2) is 11.7. The first-order valence-electron chi connectivity index (χ1n) is 11.7. The van der Waals surface area contributed by atoms with E-state index in [1.54, 1.807) is 22.9 Å². The number of nitrogens with zero attached hydrogens (tertiary/aromatic N) is 3. The zero-order valence-corrected chi connectivity index (χ0v) is 21.1. The van der Waals surface area contributed by atoms with Crippen molar-refractivity contribution in [1.29, 1.82) is 0 Å². The fourth-order valence-electron chi connectivity index (χ4n) is 4.11. The molecule has 0 spiro atoms. The molecule has 0 saturated carbocycles. The summed E-state index contributed by atoms with van der Waals surface area (Å²) in [7, 11) is 0. The highest BCUT2D eigenvalue weighted by molar-refractivity contribution is 6.35. The third-order valence-electron chi connectivity index (χ3n) is 5.92. The zero-order valence-electron chi connectivity index (χ0n) is 19.6. The minimum absolute atomic E-state index is 0.246. The van der Waals surface area contributed by atoms with Gasteiger partial charge in [0.25, 0.3) is 5.91 Å². The van der Waals surface area contributed by atoms with Crippen LogP contribution >= 0.6 is 23.2 Å². The van der Waals surface area contributed by atoms with Crippen LogP contribution in [0.4, 0.5) is 4.39 Å². The number of benzene rings is 2. The predicted octanol–water partition coefficient (Wildman–Crippen LogP) is 6.39. The Morgan fingerprint density at radius 2 is 1.86 bits per heavy atom. The predicted molar refractivity (Wildman–Crippen MR) is 139 cm³/mol. The second-order valence-electron chi connectivity index (χ2n) is 8.49. The summed E-state index contributed by atoms with van der Waals surface area (Å²) in [6.07, 6.45) is 4.25. The lowest BCUT2D eigenvalue weighted by atomic mass is 10.0. The van der Waals surface area contributed by atoms with Crippen LogP contribution < -0.4 is 5.43 Å². The Labute approximate surface area is 215 Å². The largest absolute Gasteiger partial charge is 0.286 e. The van der Waals surface area contributed by atoms with Crippen molar-refractivity contribution in [1.82, 2.24) is 20.2 Å². The maximum atomic E-state index is 13.2. The molecule has 2 aromatic carbocycles.